The monoisotopic (exact) mass is 299 g/mol. The van der Waals surface area contributed by atoms with Gasteiger partial charge in [-0.25, -0.2) is 0 Å². The maximum Gasteiger partial charge on any atom is 0.233 e. The van der Waals surface area contributed by atoms with Crippen LogP contribution in [0.15, 0.2) is 5.16 Å². The summed E-state index contributed by atoms with van der Waals surface area (Å²) in [4.78, 5) is 12.6. The van der Waals surface area contributed by atoms with Gasteiger partial charge in [-0.1, -0.05) is 31.8 Å². The van der Waals surface area contributed by atoms with E-state index in [9.17, 15) is 4.79 Å². The summed E-state index contributed by atoms with van der Waals surface area (Å²) in [6, 6.07) is 0. The van der Waals surface area contributed by atoms with Crippen LogP contribution < -0.4 is 11.1 Å². The SMILES string of the molecule is CCCC(CCC)(C(=O)NCCC1CCOC1)C(N)=NO. The second-order valence-corrected chi connectivity index (χ2v) is 5.84. The molecule has 6 heteroatoms. The molecule has 0 radical (unpaired) electrons. The molecule has 0 aliphatic carbocycles. The molecule has 0 aromatic carbocycles. The van der Waals surface area contributed by atoms with E-state index in [0.717, 1.165) is 38.9 Å². The normalized spacial score (nSPS) is 19.7. The standard InChI is InChI=1S/C15H29N3O3/c1-3-7-15(8-4-2,13(16)18-20)14(19)17-9-5-12-6-10-21-11-12/h12,20H,3-11H2,1-2H3,(H2,16,18)(H,17,19). The Labute approximate surface area is 127 Å². The molecule has 0 aromatic heterocycles. The second kappa shape index (κ2) is 8.87. The third kappa shape index (κ3) is 4.59. The fourth-order valence-electron chi connectivity index (χ4n) is 3.04. The predicted octanol–water partition coefficient (Wildman–Crippen LogP) is 1.86. The molecule has 0 aromatic rings. The van der Waals surface area contributed by atoms with Gasteiger partial charge in [0.15, 0.2) is 5.84 Å². The summed E-state index contributed by atoms with van der Waals surface area (Å²) in [5, 5.41) is 15.1. The van der Waals surface area contributed by atoms with Crippen LogP contribution in [0.1, 0.15) is 52.4 Å². The number of carbonyl (C=O) groups excluding carboxylic acids is 1. The van der Waals surface area contributed by atoms with Crippen LogP contribution in [0.5, 0.6) is 0 Å². The van der Waals surface area contributed by atoms with Gasteiger partial charge in [0.2, 0.25) is 5.91 Å². The molecule has 0 bridgehead atoms. The van der Waals surface area contributed by atoms with E-state index in [2.05, 4.69) is 10.5 Å². The molecule has 21 heavy (non-hydrogen) atoms. The number of carbonyl (C=O) groups is 1. The van der Waals surface area contributed by atoms with E-state index >= 15 is 0 Å². The van der Waals surface area contributed by atoms with Crippen LogP contribution in [-0.4, -0.2) is 36.7 Å². The molecule has 1 amide bonds. The maximum absolute atomic E-state index is 12.6. The fraction of sp³-hybridized carbons (Fsp3) is 0.867. The zero-order valence-electron chi connectivity index (χ0n) is 13.2. The van der Waals surface area contributed by atoms with Gasteiger partial charge in [0, 0.05) is 19.8 Å². The van der Waals surface area contributed by atoms with Gasteiger partial charge in [-0.05, 0) is 31.6 Å². The van der Waals surface area contributed by atoms with E-state index < -0.39 is 5.41 Å². The Bertz CT molecular complexity index is 346. The molecule has 1 rings (SSSR count). The van der Waals surface area contributed by atoms with Crippen LogP contribution in [0.4, 0.5) is 0 Å². The number of nitrogens with zero attached hydrogens (tertiary/aromatic N) is 1. The molecule has 1 saturated heterocycles. The lowest BCUT2D eigenvalue weighted by Crippen LogP contribution is -2.50. The Morgan fingerprint density at radius 2 is 2.10 bits per heavy atom. The number of ether oxygens (including phenoxy) is 1. The zero-order chi connectivity index (χ0) is 15.7. The lowest BCUT2D eigenvalue weighted by molar-refractivity contribution is -0.128. The van der Waals surface area contributed by atoms with Crippen molar-refractivity contribution in [1.82, 2.24) is 5.32 Å². The first-order chi connectivity index (χ1) is 10.1. The van der Waals surface area contributed by atoms with E-state index in [0.29, 0.717) is 25.3 Å². The molecule has 0 spiro atoms. The lowest BCUT2D eigenvalue weighted by atomic mass is 9.77. The molecule has 1 atom stereocenters. The number of nitrogens with one attached hydrogen (secondary N) is 1. The van der Waals surface area contributed by atoms with Crippen molar-refractivity contribution in [2.45, 2.75) is 52.4 Å². The quantitative estimate of drug-likeness (QED) is 0.262. The third-order valence-electron chi connectivity index (χ3n) is 4.25. The van der Waals surface area contributed by atoms with E-state index in [1.807, 2.05) is 13.8 Å². The van der Waals surface area contributed by atoms with E-state index in [4.69, 9.17) is 15.7 Å². The molecular formula is C15H29N3O3. The molecule has 1 heterocycles. The first-order valence-electron chi connectivity index (χ1n) is 7.94. The topological polar surface area (TPSA) is 96.9 Å². The Morgan fingerprint density at radius 1 is 1.43 bits per heavy atom. The minimum Gasteiger partial charge on any atom is -0.409 e. The van der Waals surface area contributed by atoms with Gasteiger partial charge in [0.25, 0.3) is 0 Å². The molecule has 1 fully saturated rings. The largest absolute Gasteiger partial charge is 0.409 e. The number of rotatable bonds is 9. The highest BCUT2D eigenvalue weighted by Crippen LogP contribution is 2.31. The van der Waals surface area contributed by atoms with Crippen molar-refractivity contribution in [3.63, 3.8) is 0 Å². The van der Waals surface area contributed by atoms with Crippen molar-refractivity contribution in [2.24, 2.45) is 22.2 Å². The van der Waals surface area contributed by atoms with Crippen molar-refractivity contribution in [1.29, 1.82) is 0 Å². The smallest absolute Gasteiger partial charge is 0.233 e. The third-order valence-corrected chi connectivity index (χ3v) is 4.25. The van der Waals surface area contributed by atoms with Gasteiger partial charge in [-0.2, -0.15) is 0 Å². The first-order valence-corrected chi connectivity index (χ1v) is 7.94. The lowest BCUT2D eigenvalue weighted by Gasteiger charge is -2.30. The van der Waals surface area contributed by atoms with Gasteiger partial charge >= 0.3 is 0 Å². The molecule has 122 valence electrons. The molecule has 6 nitrogen and oxygen atoms in total. The maximum atomic E-state index is 12.6. The molecular weight excluding hydrogens is 270 g/mol. The summed E-state index contributed by atoms with van der Waals surface area (Å²) in [7, 11) is 0. The van der Waals surface area contributed by atoms with E-state index in [-0.39, 0.29) is 11.7 Å². The number of nitrogens with two attached hydrogens (primary N) is 1. The Kier molecular flexibility index (Phi) is 7.50. The summed E-state index contributed by atoms with van der Waals surface area (Å²) in [6.07, 6.45) is 4.77. The van der Waals surface area contributed by atoms with Crippen molar-refractivity contribution < 1.29 is 14.7 Å². The molecule has 1 aliphatic rings. The van der Waals surface area contributed by atoms with Gasteiger partial charge in [-0.3, -0.25) is 4.79 Å². The number of oxime groups is 1. The summed E-state index contributed by atoms with van der Waals surface area (Å²) < 4.78 is 5.33. The van der Waals surface area contributed by atoms with Crippen LogP contribution in [0.3, 0.4) is 0 Å². The van der Waals surface area contributed by atoms with Crippen LogP contribution in [0.25, 0.3) is 0 Å². The van der Waals surface area contributed by atoms with Gasteiger partial charge in [0.05, 0.1) is 0 Å². The van der Waals surface area contributed by atoms with E-state index in [1.165, 1.54) is 0 Å². The zero-order valence-corrected chi connectivity index (χ0v) is 13.2. The summed E-state index contributed by atoms with van der Waals surface area (Å²) >= 11 is 0. The summed E-state index contributed by atoms with van der Waals surface area (Å²) in [5.41, 5.74) is 4.95. The van der Waals surface area contributed by atoms with Crippen LogP contribution in [0.2, 0.25) is 0 Å². The summed E-state index contributed by atoms with van der Waals surface area (Å²) in [5.74, 6) is 0.425. The Morgan fingerprint density at radius 3 is 2.57 bits per heavy atom. The molecule has 0 saturated carbocycles. The highest BCUT2D eigenvalue weighted by atomic mass is 16.5. The fourth-order valence-corrected chi connectivity index (χ4v) is 3.04. The van der Waals surface area contributed by atoms with Crippen LogP contribution >= 0.6 is 0 Å². The number of amidine groups is 1. The average molecular weight is 299 g/mol. The molecule has 4 N–H and O–H groups in total. The Hall–Kier alpha value is -1.30. The highest BCUT2D eigenvalue weighted by molar-refractivity contribution is 6.06. The number of hydrogen-bond donors (Lipinski definition) is 3. The minimum absolute atomic E-state index is 0.0212. The summed E-state index contributed by atoms with van der Waals surface area (Å²) in [6.45, 7) is 6.21. The molecule has 1 aliphatic heterocycles. The van der Waals surface area contributed by atoms with Gasteiger partial charge < -0.3 is 21.0 Å². The van der Waals surface area contributed by atoms with Crippen molar-refractivity contribution in [3.8, 4) is 0 Å². The van der Waals surface area contributed by atoms with E-state index in [1.54, 1.807) is 0 Å². The average Bonchev–Trinajstić information content (AvgIpc) is 2.99. The molecule has 1 unspecified atom stereocenters. The number of amides is 1. The van der Waals surface area contributed by atoms with Crippen molar-refractivity contribution in [2.75, 3.05) is 19.8 Å². The van der Waals surface area contributed by atoms with Gasteiger partial charge in [-0.15, -0.1) is 0 Å². The van der Waals surface area contributed by atoms with Crippen LogP contribution in [0, 0.1) is 11.3 Å². The Balaban J connectivity index is 2.64. The number of hydrogen-bond acceptors (Lipinski definition) is 4. The second-order valence-electron chi connectivity index (χ2n) is 5.84. The van der Waals surface area contributed by atoms with Gasteiger partial charge in [0.1, 0.15) is 5.41 Å². The predicted molar refractivity (Wildman–Crippen MR) is 82.2 cm³/mol. The highest BCUT2D eigenvalue weighted by Gasteiger charge is 2.41. The van der Waals surface area contributed by atoms with Crippen molar-refractivity contribution >= 4 is 11.7 Å². The first kappa shape index (κ1) is 17.8. The van der Waals surface area contributed by atoms with Crippen LogP contribution in [-0.2, 0) is 9.53 Å². The van der Waals surface area contributed by atoms with Crippen molar-refractivity contribution in [3.05, 3.63) is 0 Å². The minimum atomic E-state index is -0.884.